The molecule has 0 aromatic heterocycles. The minimum Gasteiger partial charge on any atom is -0.406 e. The molecule has 150 valence electrons. The van der Waals surface area contributed by atoms with Crippen LogP contribution in [0.4, 0.5) is 24.5 Å². The maximum absolute atomic E-state index is 12.1. The summed E-state index contributed by atoms with van der Waals surface area (Å²) in [5, 5.41) is 2.83. The molecule has 0 unspecified atom stereocenters. The van der Waals surface area contributed by atoms with Crippen molar-refractivity contribution < 1.29 is 17.9 Å². The molecular weight excluding hydrogens is 484 g/mol. The smallest absolute Gasteiger partial charge is 0.406 e. The van der Waals surface area contributed by atoms with Gasteiger partial charge in [0.2, 0.25) is 0 Å². The van der Waals surface area contributed by atoms with Crippen molar-refractivity contribution in [1.82, 2.24) is 0 Å². The van der Waals surface area contributed by atoms with Gasteiger partial charge in [-0.15, -0.1) is 37.1 Å². The Labute approximate surface area is 178 Å². The lowest BCUT2D eigenvalue weighted by Gasteiger charge is -2.17. The van der Waals surface area contributed by atoms with Crippen LogP contribution in [-0.4, -0.2) is 25.4 Å². The Balaban J connectivity index is 0.00000280. The zero-order valence-corrected chi connectivity index (χ0v) is 17.1. The number of aliphatic imine (C=N–C) groups is 1. The first-order valence-corrected chi connectivity index (χ1v) is 8.31. The van der Waals surface area contributed by atoms with Crippen molar-refractivity contribution in [3.05, 3.63) is 66.2 Å². The van der Waals surface area contributed by atoms with Crippen molar-refractivity contribution in [1.29, 1.82) is 0 Å². The summed E-state index contributed by atoms with van der Waals surface area (Å²) in [5.74, 6) is -0.121. The third-order valence-corrected chi connectivity index (χ3v) is 3.91. The van der Waals surface area contributed by atoms with Gasteiger partial charge in [0.25, 0.3) is 0 Å². The third-order valence-electron chi connectivity index (χ3n) is 3.91. The molecule has 1 heterocycles. The SMILES string of the molecule is I.NC(=NCc1ccc(N2CC=CC2)cc1)Nc1ccc(OC(F)(F)F)cc1. The number of nitrogens with zero attached hydrogens (tertiary/aromatic N) is 2. The van der Waals surface area contributed by atoms with E-state index in [0.29, 0.717) is 12.2 Å². The highest BCUT2D eigenvalue weighted by atomic mass is 127. The standard InChI is InChI=1S/C19H19F3N4O.HI/c20-19(21,22)27-17-9-5-15(6-10-17)25-18(23)24-13-14-3-7-16(8-4-14)26-11-1-2-12-26;/h1-10H,11-13H2,(H3,23,24,25);1H. The third kappa shape index (κ3) is 6.63. The van der Waals surface area contributed by atoms with E-state index >= 15 is 0 Å². The Morgan fingerprint density at radius 2 is 1.64 bits per heavy atom. The van der Waals surface area contributed by atoms with Gasteiger partial charge in [-0.25, -0.2) is 4.99 Å². The summed E-state index contributed by atoms with van der Waals surface area (Å²) in [6.45, 7) is 2.23. The number of halogens is 4. The number of nitrogens with two attached hydrogens (primary N) is 1. The van der Waals surface area contributed by atoms with Gasteiger partial charge >= 0.3 is 6.36 Å². The van der Waals surface area contributed by atoms with Gasteiger partial charge in [0.1, 0.15) is 5.75 Å². The first kappa shape index (κ1) is 21.9. The average Bonchev–Trinajstić information content (AvgIpc) is 3.16. The molecule has 2 aromatic carbocycles. The summed E-state index contributed by atoms with van der Waals surface area (Å²) in [5.41, 5.74) is 8.51. The zero-order chi connectivity index (χ0) is 19.3. The van der Waals surface area contributed by atoms with E-state index in [4.69, 9.17) is 5.73 Å². The fourth-order valence-corrected chi connectivity index (χ4v) is 2.60. The molecular formula is C19H20F3IN4O. The van der Waals surface area contributed by atoms with Crippen molar-refractivity contribution in [2.24, 2.45) is 10.7 Å². The molecule has 3 rings (SSSR count). The average molecular weight is 504 g/mol. The van der Waals surface area contributed by atoms with Crippen LogP contribution in [0.5, 0.6) is 5.75 Å². The minimum absolute atomic E-state index is 0. The molecule has 0 spiro atoms. The number of rotatable bonds is 5. The van der Waals surface area contributed by atoms with Crippen LogP contribution >= 0.6 is 24.0 Å². The summed E-state index contributed by atoms with van der Waals surface area (Å²) in [4.78, 5) is 6.49. The van der Waals surface area contributed by atoms with Crippen LogP contribution in [0.1, 0.15) is 5.56 Å². The Hall–Kier alpha value is -2.43. The lowest BCUT2D eigenvalue weighted by atomic mass is 10.2. The van der Waals surface area contributed by atoms with Gasteiger partial charge in [-0.05, 0) is 42.0 Å². The van der Waals surface area contributed by atoms with Gasteiger partial charge in [-0.2, -0.15) is 0 Å². The van der Waals surface area contributed by atoms with Crippen LogP contribution in [-0.2, 0) is 6.54 Å². The first-order valence-electron chi connectivity index (χ1n) is 8.31. The van der Waals surface area contributed by atoms with Crippen molar-refractivity contribution in [3.63, 3.8) is 0 Å². The number of alkyl halides is 3. The lowest BCUT2D eigenvalue weighted by molar-refractivity contribution is -0.274. The maximum Gasteiger partial charge on any atom is 0.573 e. The molecule has 3 N–H and O–H groups in total. The van der Waals surface area contributed by atoms with Crippen molar-refractivity contribution in [2.45, 2.75) is 12.9 Å². The van der Waals surface area contributed by atoms with Crippen molar-refractivity contribution in [2.75, 3.05) is 23.3 Å². The van der Waals surface area contributed by atoms with Gasteiger partial charge in [-0.3, -0.25) is 0 Å². The largest absolute Gasteiger partial charge is 0.573 e. The van der Waals surface area contributed by atoms with Gasteiger partial charge in [0.15, 0.2) is 5.96 Å². The number of ether oxygens (including phenoxy) is 1. The van der Waals surface area contributed by atoms with Crippen LogP contribution < -0.4 is 20.7 Å². The first-order chi connectivity index (χ1) is 12.9. The van der Waals surface area contributed by atoms with Crippen LogP contribution in [0.25, 0.3) is 0 Å². The number of hydrogen-bond acceptors (Lipinski definition) is 3. The van der Waals surface area contributed by atoms with Crippen LogP contribution in [0.2, 0.25) is 0 Å². The fourth-order valence-electron chi connectivity index (χ4n) is 2.60. The molecule has 1 aliphatic rings. The molecule has 5 nitrogen and oxygen atoms in total. The van der Waals surface area contributed by atoms with E-state index in [1.54, 1.807) is 0 Å². The lowest BCUT2D eigenvalue weighted by Crippen LogP contribution is -2.22. The predicted molar refractivity (Wildman–Crippen MR) is 115 cm³/mol. The second-order valence-corrected chi connectivity index (χ2v) is 5.94. The number of benzene rings is 2. The molecule has 0 radical (unpaired) electrons. The summed E-state index contributed by atoms with van der Waals surface area (Å²) >= 11 is 0. The van der Waals surface area contributed by atoms with Crippen LogP contribution in [0, 0.1) is 0 Å². The molecule has 0 bridgehead atoms. The number of nitrogens with one attached hydrogen (secondary N) is 1. The van der Waals surface area contributed by atoms with E-state index in [1.165, 1.54) is 24.3 Å². The highest BCUT2D eigenvalue weighted by Gasteiger charge is 2.30. The number of hydrogen-bond donors (Lipinski definition) is 2. The van der Waals surface area contributed by atoms with Crippen LogP contribution in [0.3, 0.4) is 0 Å². The molecule has 0 saturated heterocycles. The normalized spacial score (nSPS) is 14.0. The van der Waals surface area contributed by atoms with Gasteiger partial charge in [-0.1, -0.05) is 24.3 Å². The fraction of sp³-hybridized carbons (Fsp3) is 0.211. The Kier molecular flexibility index (Phi) is 7.55. The summed E-state index contributed by atoms with van der Waals surface area (Å²) < 4.78 is 40.2. The number of anilines is 2. The van der Waals surface area contributed by atoms with E-state index in [2.05, 4.69) is 32.1 Å². The van der Waals surface area contributed by atoms with Crippen molar-refractivity contribution in [3.8, 4) is 5.75 Å². The number of guanidine groups is 1. The molecule has 2 aromatic rings. The summed E-state index contributed by atoms with van der Waals surface area (Å²) in [6.07, 6.45) is -0.449. The molecule has 9 heteroatoms. The van der Waals surface area contributed by atoms with Crippen LogP contribution in [0.15, 0.2) is 65.7 Å². The predicted octanol–water partition coefficient (Wildman–Crippen LogP) is 4.51. The van der Waals surface area contributed by atoms with Gasteiger partial charge in [0.05, 0.1) is 6.54 Å². The highest BCUT2D eigenvalue weighted by Crippen LogP contribution is 2.24. The topological polar surface area (TPSA) is 62.9 Å². The highest BCUT2D eigenvalue weighted by molar-refractivity contribution is 14.0. The minimum atomic E-state index is -4.71. The molecule has 1 aliphatic heterocycles. The Morgan fingerprint density at radius 1 is 1.04 bits per heavy atom. The molecule has 0 fully saturated rings. The van der Waals surface area contributed by atoms with E-state index < -0.39 is 6.36 Å². The second kappa shape index (κ2) is 9.67. The van der Waals surface area contributed by atoms with Gasteiger partial charge in [0, 0.05) is 24.5 Å². The second-order valence-electron chi connectivity index (χ2n) is 5.94. The Morgan fingerprint density at radius 3 is 2.21 bits per heavy atom. The van der Waals surface area contributed by atoms with E-state index in [0.717, 1.165) is 24.3 Å². The molecule has 0 aliphatic carbocycles. The van der Waals surface area contributed by atoms with E-state index in [-0.39, 0.29) is 35.7 Å². The molecule has 0 amide bonds. The Bertz CT molecular complexity index is 813. The monoisotopic (exact) mass is 504 g/mol. The van der Waals surface area contributed by atoms with Crippen molar-refractivity contribution >= 4 is 41.3 Å². The van der Waals surface area contributed by atoms with E-state index in [1.807, 2.05) is 24.3 Å². The molecule has 0 atom stereocenters. The molecule has 0 saturated carbocycles. The zero-order valence-electron chi connectivity index (χ0n) is 14.8. The summed E-state index contributed by atoms with van der Waals surface area (Å²) in [7, 11) is 0. The summed E-state index contributed by atoms with van der Waals surface area (Å²) in [6, 6.07) is 13.3. The van der Waals surface area contributed by atoms with Gasteiger partial charge < -0.3 is 20.7 Å². The van der Waals surface area contributed by atoms with E-state index in [9.17, 15) is 13.2 Å². The molecule has 28 heavy (non-hydrogen) atoms. The maximum atomic E-state index is 12.1. The quantitative estimate of drug-likeness (QED) is 0.273.